The Morgan fingerprint density at radius 1 is 0.636 bits per heavy atom. The highest BCUT2D eigenvalue weighted by atomic mass is 16.7. The molecular weight excluding hydrogens is 562 g/mol. The highest BCUT2D eigenvalue weighted by Crippen LogP contribution is 2.36. The first-order chi connectivity index (χ1) is 21.5. The molecule has 0 radical (unpaired) electrons. The summed E-state index contributed by atoms with van der Waals surface area (Å²) in [4.78, 5) is 11.3. The average Bonchev–Trinajstić information content (AvgIpc) is 3.04. The van der Waals surface area contributed by atoms with Crippen molar-refractivity contribution in [3.63, 3.8) is 0 Å². The van der Waals surface area contributed by atoms with Crippen molar-refractivity contribution in [1.82, 2.24) is 0 Å². The number of benzene rings is 4. The number of hydrogen-bond acceptors (Lipinski definition) is 8. The molecule has 5 rings (SSSR count). The quantitative estimate of drug-likeness (QED) is 0.144. The van der Waals surface area contributed by atoms with Gasteiger partial charge in [-0.05, 0) is 22.3 Å². The highest BCUT2D eigenvalue weighted by Gasteiger charge is 2.59. The number of nitrogens with zero attached hydrogens (tertiary/aromatic N) is 1. The summed E-state index contributed by atoms with van der Waals surface area (Å²) in [5.41, 5.74) is 3.59. The number of ether oxygens (including phenoxy) is 5. The molecule has 0 amide bonds. The van der Waals surface area contributed by atoms with Gasteiger partial charge in [0, 0.05) is 4.92 Å². The predicted octanol–water partition coefficient (Wildman–Crippen LogP) is 5.32. The molecule has 0 saturated carbocycles. The van der Waals surface area contributed by atoms with Crippen LogP contribution < -0.4 is 0 Å². The first-order valence-corrected chi connectivity index (χ1v) is 14.6. The molecule has 44 heavy (non-hydrogen) atoms. The largest absolute Gasteiger partial charge is 0.374 e. The molecule has 5 atom stereocenters. The Morgan fingerprint density at radius 2 is 1.05 bits per heavy atom. The summed E-state index contributed by atoms with van der Waals surface area (Å²) < 4.78 is 31.4. The normalized spacial score (nSPS) is 23.3. The van der Waals surface area contributed by atoms with Crippen LogP contribution in [0.5, 0.6) is 0 Å². The van der Waals surface area contributed by atoms with Crippen LogP contribution in [-0.4, -0.2) is 53.4 Å². The third kappa shape index (κ3) is 8.79. The Bertz CT molecular complexity index is 1410. The van der Waals surface area contributed by atoms with Gasteiger partial charge in [0.05, 0.1) is 33.0 Å². The fourth-order valence-corrected chi connectivity index (χ4v) is 5.25. The van der Waals surface area contributed by atoms with Crippen molar-refractivity contribution in [1.29, 1.82) is 0 Å². The van der Waals surface area contributed by atoms with Gasteiger partial charge in [0.25, 0.3) is 12.3 Å². The Balaban J connectivity index is 1.46. The molecule has 0 bridgehead atoms. The average molecular weight is 600 g/mol. The molecule has 230 valence electrons. The molecule has 0 aliphatic carbocycles. The molecule has 0 spiro atoms. The van der Waals surface area contributed by atoms with E-state index in [4.69, 9.17) is 23.7 Å². The molecule has 1 fully saturated rings. The molecule has 1 saturated heterocycles. The maximum absolute atomic E-state index is 11.9. The summed E-state index contributed by atoms with van der Waals surface area (Å²) >= 11 is 0. The third-order valence-corrected chi connectivity index (χ3v) is 7.38. The molecule has 9 nitrogen and oxygen atoms in total. The van der Waals surface area contributed by atoms with Crippen LogP contribution in [0.15, 0.2) is 121 Å². The number of rotatable bonds is 15. The second kappa shape index (κ2) is 15.7. The van der Waals surface area contributed by atoms with E-state index in [1.165, 1.54) is 0 Å². The Hall–Kier alpha value is -3.96. The smallest absolute Gasteiger partial charge is 0.262 e. The minimum absolute atomic E-state index is 0.00895. The zero-order chi connectivity index (χ0) is 30.6. The van der Waals surface area contributed by atoms with E-state index in [0.717, 1.165) is 22.3 Å². The number of nitro groups is 1. The molecule has 0 unspecified atom stereocenters. The lowest BCUT2D eigenvalue weighted by Gasteiger charge is -2.48. The first-order valence-electron chi connectivity index (χ1n) is 14.6. The van der Waals surface area contributed by atoms with Crippen molar-refractivity contribution in [2.75, 3.05) is 13.2 Å². The summed E-state index contributed by atoms with van der Waals surface area (Å²) in [7, 11) is 0. The lowest BCUT2D eigenvalue weighted by molar-refractivity contribution is -0.538. The summed E-state index contributed by atoms with van der Waals surface area (Å²) in [5.74, 6) is -2.33. The first kappa shape index (κ1) is 31.5. The molecule has 9 heteroatoms. The van der Waals surface area contributed by atoms with Gasteiger partial charge in [-0.3, -0.25) is 10.1 Å². The van der Waals surface area contributed by atoms with Gasteiger partial charge in [-0.2, -0.15) is 0 Å². The van der Waals surface area contributed by atoms with E-state index in [0.29, 0.717) is 0 Å². The number of hydrogen-bond donors (Lipinski definition) is 1. The van der Waals surface area contributed by atoms with Crippen LogP contribution in [0.3, 0.4) is 0 Å². The van der Waals surface area contributed by atoms with Gasteiger partial charge >= 0.3 is 0 Å². The monoisotopic (exact) mass is 599 g/mol. The maximum atomic E-state index is 11.9. The standard InChI is InChI=1S/C35H37NO8/c37-35(26-36(38)39)34(43-24-30-19-11-4-12-20-30)33(42-23-29-17-9-3-10-18-29)32(41-22-28-15-7-2-8-16-28)31(44-35)25-40-21-27-13-5-1-6-14-27/h1-20,31-34,37H,21-26H2/t31-,32-,33+,34-,35+/m1/s1. The van der Waals surface area contributed by atoms with Gasteiger partial charge < -0.3 is 28.8 Å². The predicted molar refractivity (Wildman–Crippen MR) is 163 cm³/mol. The van der Waals surface area contributed by atoms with Gasteiger partial charge in [-0.1, -0.05) is 121 Å². The van der Waals surface area contributed by atoms with Gasteiger partial charge in [-0.15, -0.1) is 0 Å². The molecule has 1 aliphatic heterocycles. The summed E-state index contributed by atoms with van der Waals surface area (Å²) in [6, 6.07) is 38.2. The lowest BCUT2D eigenvalue weighted by Crippen LogP contribution is -2.69. The fourth-order valence-electron chi connectivity index (χ4n) is 5.25. The number of aliphatic hydroxyl groups is 1. The van der Waals surface area contributed by atoms with Gasteiger partial charge in [-0.25, -0.2) is 0 Å². The minimum atomic E-state index is -2.33. The Kier molecular flexibility index (Phi) is 11.2. The molecule has 0 aromatic heterocycles. The van der Waals surface area contributed by atoms with E-state index in [1.807, 2.05) is 121 Å². The van der Waals surface area contributed by atoms with Crippen molar-refractivity contribution >= 4 is 0 Å². The van der Waals surface area contributed by atoms with Crippen LogP contribution in [0.1, 0.15) is 22.3 Å². The van der Waals surface area contributed by atoms with Crippen LogP contribution in [0.25, 0.3) is 0 Å². The zero-order valence-corrected chi connectivity index (χ0v) is 24.4. The Morgan fingerprint density at radius 3 is 1.50 bits per heavy atom. The van der Waals surface area contributed by atoms with Crippen molar-refractivity contribution in [3.8, 4) is 0 Å². The van der Waals surface area contributed by atoms with Crippen molar-refractivity contribution in [3.05, 3.63) is 154 Å². The van der Waals surface area contributed by atoms with Gasteiger partial charge in [0.2, 0.25) is 0 Å². The molecule has 1 N–H and O–H groups in total. The minimum Gasteiger partial charge on any atom is -0.374 e. The fraction of sp³-hybridized carbons (Fsp3) is 0.314. The van der Waals surface area contributed by atoms with E-state index < -0.39 is 41.7 Å². The Labute approximate surface area is 257 Å². The van der Waals surface area contributed by atoms with Crippen LogP contribution in [0.4, 0.5) is 0 Å². The van der Waals surface area contributed by atoms with Crippen molar-refractivity contribution in [2.24, 2.45) is 0 Å². The van der Waals surface area contributed by atoms with Crippen LogP contribution in [0, 0.1) is 10.1 Å². The third-order valence-electron chi connectivity index (χ3n) is 7.38. The van der Waals surface area contributed by atoms with E-state index in [-0.39, 0.29) is 33.0 Å². The van der Waals surface area contributed by atoms with E-state index in [9.17, 15) is 15.2 Å². The van der Waals surface area contributed by atoms with Gasteiger partial charge in [0.15, 0.2) is 0 Å². The SMILES string of the molecule is O=[N+]([O-])C[C@]1(O)O[C@H](COCc2ccccc2)[C@@H](OCc2ccccc2)[C@H](OCc2ccccc2)[C@H]1OCc1ccccc1. The summed E-state index contributed by atoms with van der Waals surface area (Å²) in [6.45, 7) is -0.199. The van der Waals surface area contributed by atoms with E-state index >= 15 is 0 Å². The van der Waals surface area contributed by atoms with Crippen LogP contribution >= 0.6 is 0 Å². The molecule has 4 aromatic rings. The summed E-state index contributed by atoms with van der Waals surface area (Å²) in [6.07, 6.45) is -3.93. The van der Waals surface area contributed by atoms with Crippen molar-refractivity contribution < 1.29 is 33.7 Å². The van der Waals surface area contributed by atoms with E-state index in [1.54, 1.807) is 0 Å². The van der Waals surface area contributed by atoms with Crippen LogP contribution in [0.2, 0.25) is 0 Å². The molecule has 4 aromatic carbocycles. The molecular formula is C35H37NO8. The summed E-state index contributed by atoms with van der Waals surface area (Å²) in [5, 5.41) is 23.7. The maximum Gasteiger partial charge on any atom is 0.262 e. The molecule has 1 aliphatic rings. The molecule has 1 heterocycles. The van der Waals surface area contributed by atoms with Crippen molar-refractivity contribution in [2.45, 2.75) is 56.6 Å². The highest BCUT2D eigenvalue weighted by molar-refractivity contribution is 5.16. The van der Waals surface area contributed by atoms with Gasteiger partial charge in [0.1, 0.15) is 24.4 Å². The second-order valence-corrected chi connectivity index (χ2v) is 10.7. The lowest BCUT2D eigenvalue weighted by atomic mass is 9.91. The van der Waals surface area contributed by atoms with Crippen LogP contribution in [-0.2, 0) is 50.1 Å². The topological polar surface area (TPSA) is 110 Å². The van der Waals surface area contributed by atoms with E-state index in [2.05, 4.69) is 0 Å². The zero-order valence-electron chi connectivity index (χ0n) is 24.4. The second-order valence-electron chi connectivity index (χ2n) is 10.7.